The smallest absolute Gasteiger partial charge is 0.145 e. The number of aromatic nitrogens is 4. The number of imidazole rings is 2. The second-order valence-corrected chi connectivity index (χ2v) is 11.1. The van der Waals surface area contributed by atoms with Crippen molar-refractivity contribution in [2.24, 2.45) is 0 Å². The number of aryl methyl sites for hydroxylation is 1. The normalized spacial score (nSPS) is 15.7. The lowest BCUT2D eigenvalue weighted by Crippen LogP contribution is -2.44. The van der Waals surface area contributed by atoms with Crippen LogP contribution in [-0.2, 0) is 10.8 Å². The fourth-order valence-corrected chi connectivity index (χ4v) is 5.92. The Hall–Kier alpha value is -4.19. The third-order valence-electron chi connectivity index (χ3n) is 8.68. The van der Waals surface area contributed by atoms with Crippen molar-refractivity contribution >= 4 is 27.3 Å². The number of hydrogen-bond donors (Lipinski definition) is 1. The van der Waals surface area contributed by atoms with E-state index in [1.54, 1.807) is 24.5 Å². The predicted octanol–water partition coefficient (Wildman–Crippen LogP) is 7.84. The second kappa shape index (κ2) is 7.19. The van der Waals surface area contributed by atoms with E-state index in [0.29, 0.717) is 22.9 Å². The molecule has 0 saturated heterocycles. The minimum absolute atomic E-state index is 0.0626. The molecule has 0 fully saturated rings. The summed E-state index contributed by atoms with van der Waals surface area (Å²) in [5.41, 5.74) is 6.15. The molecule has 1 N–H and O–H groups in total. The lowest BCUT2D eigenvalue weighted by atomic mass is 9.60. The van der Waals surface area contributed by atoms with Crippen LogP contribution >= 0.6 is 0 Å². The van der Waals surface area contributed by atoms with Crippen molar-refractivity contribution in [2.45, 2.75) is 45.4 Å². The van der Waals surface area contributed by atoms with E-state index in [-0.39, 0.29) is 16.6 Å². The van der Waals surface area contributed by atoms with Crippen molar-refractivity contribution in [2.75, 3.05) is 0 Å². The van der Waals surface area contributed by atoms with E-state index in [9.17, 15) is 4.39 Å². The summed E-state index contributed by atoms with van der Waals surface area (Å²) >= 11 is 0. The summed E-state index contributed by atoms with van der Waals surface area (Å²) in [4.78, 5) is 12.1. The molecule has 3 aromatic heterocycles. The van der Waals surface area contributed by atoms with Gasteiger partial charge in [-0.3, -0.25) is 4.40 Å². The zero-order valence-corrected chi connectivity index (χ0v) is 21.5. The van der Waals surface area contributed by atoms with Gasteiger partial charge in [0.2, 0.25) is 0 Å². The van der Waals surface area contributed by atoms with Gasteiger partial charge >= 0.3 is 0 Å². The Balaban J connectivity index is 1.46. The number of pyridine rings is 1. The van der Waals surface area contributed by atoms with Gasteiger partial charge in [0.25, 0.3) is 0 Å². The zero-order chi connectivity index (χ0) is 25.7. The van der Waals surface area contributed by atoms with Gasteiger partial charge in [0, 0.05) is 45.9 Å². The van der Waals surface area contributed by atoms with Gasteiger partial charge < -0.3 is 9.72 Å². The molecule has 4 heterocycles. The number of nitrogens with zero attached hydrogens (tertiary/aromatic N) is 3. The first-order valence-electron chi connectivity index (χ1n) is 12.5. The van der Waals surface area contributed by atoms with E-state index in [1.807, 2.05) is 18.3 Å². The van der Waals surface area contributed by atoms with Gasteiger partial charge in [0.1, 0.15) is 28.8 Å². The quantitative estimate of drug-likeness (QED) is 0.257. The Kier molecular flexibility index (Phi) is 4.28. The van der Waals surface area contributed by atoms with Crippen molar-refractivity contribution in [1.29, 1.82) is 0 Å². The van der Waals surface area contributed by atoms with E-state index in [1.165, 1.54) is 33.8 Å². The fraction of sp³-hybridized carbons (Fsp3) is 0.226. The molecule has 0 saturated carbocycles. The maximum atomic E-state index is 14.5. The van der Waals surface area contributed by atoms with E-state index in [2.05, 4.69) is 67.2 Å². The Morgan fingerprint density at radius 3 is 2.46 bits per heavy atom. The van der Waals surface area contributed by atoms with Gasteiger partial charge in [-0.05, 0) is 59.8 Å². The number of rotatable bonds is 3. The maximum absolute atomic E-state index is 14.5. The van der Waals surface area contributed by atoms with E-state index in [0.717, 1.165) is 16.4 Å². The number of benzene rings is 3. The average Bonchev–Trinajstić information content (AvgIpc) is 3.55. The maximum Gasteiger partial charge on any atom is 0.145 e. The summed E-state index contributed by atoms with van der Waals surface area (Å²) < 4.78 is 23.1. The molecule has 0 aliphatic carbocycles. The molecule has 37 heavy (non-hydrogen) atoms. The number of H-pyrrole nitrogens is 1. The number of ether oxygens (including phenoxy) is 1. The first kappa shape index (κ1) is 22.0. The number of nitrogens with one attached hydrogen (secondary N) is 1. The highest BCUT2D eigenvalue weighted by atomic mass is 19.1. The van der Waals surface area contributed by atoms with Gasteiger partial charge in [0.15, 0.2) is 0 Å². The number of aromatic amines is 1. The van der Waals surface area contributed by atoms with Crippen LogP contribution in [0.1, 0.15) is 44.5 Å². The third kappa shape index (κ3) is 2.84. The molecule has 5 nitrogen and oxygen atoms in total. The molecule has 0 amide bonds. The lowest BCUT2D eigenvalue weighted by molar-refractivity contribution is 0.288. The highest BCUT2D eigenvalue weighted by molar-refractivity contribution is 6.14. The second-order valence-electron chi connectivity index (χ2n) is 11.1. The monoisotopic (exact) mass is 490 g/mol. The Bertz CT molecular complexity index is 1880. The zero-order valence-electron chi connectivity index (χ0n) is 21.5. The first-order chi connectivity index (χ1) is 17.7. The molecule has 1 aliphatic heterocycles. The van der Waals surface area contributed by atoms with Crippen LogP contribution in [0.2, 0.25) is 0 Å². The fourth-order valence-electron chi connectivity index (χ4n) is 5.92. The summed E-state index contributed by atoms with van der Waals surface area (Å²) in [6, 6.07) is 15.4. The highest BCUT2D eigenvalue weighted by Gasteiger charge is 2.46. The summed E-state index contributed by atoms with van der Waals surface area (Å²) in [6.45, 7) is 11.5. The number of hydrogen-bond acceptors (Lipinski definition) is 3. The summed E-state index contributed by atoms with van der Waals surface area (Å²) in [5, 5.41) is 3.42. The molecular formula is C31H27FN4O. The molecule has 0 atom stereocenters. The molecule has 7 rings (SSSR count). The van der Waals surface area contributed by atoms with Crippen LogP contribution in [-0.4, -0.2) is 19.4 Å². The molecule has 1 aliphatic rings. The predicted molar refractivity (Wildman–Crippen MR) is 145 cm³/mol. The van der Waals surface area contributed by atoms with Crippen LogP contribution in [0.3, 0.4) is 0 Å². The molecular weight excluding hydrogens is 463 g/mol. The highest BCUT2D eigenvalue weighted by Crippen LogP contribution is 2.51. The van der Waals surface area contributed by atoms with Crippen LogP contribution in [0.15, 0.2) is 67.1 Å². The molecule has 184 valence electrons. The van der Waals surface area contributed by atoms with Crippen LogP contribution in [0.4, 0.5) is 4.39 Å². The van der Waals surface area contributed by atoms with Crippen LogP contribution in [0, 0.1) is 12.7 Å². The van der Waals surface area contributed by atoms with Crippen molar-refractivity contribution in [3.63, 3.8) is 0 Å². The summed E-state index contributed by atoms with van der Waals surface area (Å²) in [5.74, 6) is 1.31. The minimum atomic E-state index is -0.356. The van der Waals surface area contributed by atoms with Gasteiger partial charge in [-0.25, -0.2) is 14.4 Å². The molecule has 0 unspecified atom stereocenters. The van der Waals surface area contributed by atoms with Crippen LogP contribution in [0.5, 0.6) is 11.5 Å². The average molecular weight is 491 g/mol. The largest absolute Gasteiger partial charge is 0.457 e. The Morgan fingerprint density at radius 2 is 1.68 bits per heavy atom. The van der Waals surface area contributed by atoms with Gasteiger partial charge in [-0.15, -0.1) is 0 Å². The van der Waals surface area contributed by atoms with Crippen LogP contribution < -0.4 is 4.74 Å². The first-order valence-corrected chi connectivity index (χ1v) is 12.5. The molecule has 6 heteroatoms. The molecule has 0 radical (unpaired) electrons. The third-order valence-corrected chi connectivity index (χ3v) is 8.68. The number of halogens is 1. The number of fused-ring (bicyclic) bond motifs is 3. The lowest BCUT2D eigenvalue weighted by Gasteiger charge is -2.46. The van der Waals surface area contributed by atoms with Gasteiger partial charge in [-0.1, -0.05) is 39.8 Å². The van der Waals surface area contributed by atoms with Crippen molar-refractivity contribution in [3.05, 3.63) is 89.8 Å². The van der Waals surface area contributed by atoms with Crippen LogP contribution in [0.25, 0.3) is 38.7 Å². The summed E-state index contributed by atoms with van der Waals surface area (Å²) in [6.07, 6.45) is 5.31. The summed E-state index contributed by atoms with van der Waals surface area (Å²) in [7, 11) is 0. The topological polar surface area (TPSA) is 55.2 Å². The van der Waals surface area contributed by atoms with Gasteiger partial charge in [-0.2, -0.15) is 0 Å². The molecule has 0 bridgehead atoms. The Morgan fingerprint density at radius 1 is 0.892 bits per heavy atom. The minimum Gasteiger partial charge on any atom is -0.457 e. The standard InChI is InChI=1S/C31H27FN4O/c1-17-6-10-23-27-26(17)20-9-7-18(37-19-8-11-24(32)22(15-19)28-33-12-13-34-28)14-21(20)29-35-16-25(36(27)29)31(4,5)30(23,2)3/h6-16H,1-5H3,(H,33,34). The van der Waals surface area contributed by atoms with E-state index >= 15 is 0 Å². The molecule has 3 aromatic carbocycles. The van der Waals surface area contributed by atoms with E-state index in [4.69, 9.17) is 9.72 Å². The van der Waals surface area contributed by atoms with E-state index < -0.39 is 0 Å². The Labute approximate surface area is 214 Å². The van der Waals surface area contributed by atoms with Crippen molar-refractivity contribution in [3.8, 4) is 22.9 Å². The SMILES string of the molecule is Cc1ccc2c3c1c1ccc(Oc4ccc(F)c(-c5ncc[nH]5)c4)cc1c1ncc(n13)C(C)(C)C2(C)C. The molecule has 0 spiro atoms. The van der Waals surface area contributed by atoms with Gasteiger partial charge in [0.05, 0.1) is 11.1 Å². The van der Waals surface area contributed by atoms with Crippen molar-refractivity contribution < 1.29 is 9.13 Å². The molecule has 6 aromatic rings. The van der Waals surface area contributed by atoms with Crippen molar-refractivity contribution in [1.82, 2.24) is 19.4 Å².